The van der Waals surface area contributed by atoms with Crippen molar-refractivity contribution >= 4 is 27.3 Å². The zero-order chi connectivity index (χ0) is 13.9. The topological polar surface area (TPSA) is 72.2 Å². The van der Waals surface area contributed by atoms with Crippen molar-refractivity contribution in [3.63, 3.8) is 0 Å². The molecule has 0 unspecified atom stereocenters. The second-order valence-corrected chi connectivity index (χ2v) is 7.09. The minimum Gasteiger partial charge on any atom is -0.399 e. The highest BCUT2D eigenvalue weighted by Crippen LogP contribution is 2.25. The van der Waals surface area contributed by atoms with E-state index in [1.54, 1.807) is 6.07 Å². The molecule has 0 atom stereocenters. The van der Waals surface area contributed by atoms with Gasteiger partial charge in [0.1, 0.15) is 4.90 Å². The summed E-state index contributed by atoms with van der Waals surface area (Å²) in [6.07, 6.45) is 6.27. The van der Waals surface area contributed by atoms with Crippen molar-refractivity contribution in [1.29, 1.82) is 0 Å². The van der Waals surface area contributed by atoms with Crippen molar-refractivity contribution in [2.24, 2.45) is 0 Å². The first-order valence-electron chi connectivity index (χ1n) is 6.56. The third kappa shape index (κ3) is 3.84. The number of nitrogen functional groups attached to an aromatic ring is 1. The van der Waals surface area contributed by atoms with E-state index in [4.69, 9.17) is 17.3 Å². The molecule has 1 aromatic rings. The van der Waals surface area contributed by atoms with Gasteiger partial charge in [0.15, 0.2) is 0 Å². The minimum absolute atomic E-state index is 0.00463. The molecule has 0 amide bonds. The Kier molecular flexibility index (Phi) is 4.71. The van der Waals surface area contributed by atoms with Crippen LogP contribution in [0.4, 0.5) is 5.69 Å². The minimum atomic E-state index is -3.59. The molecule has 0 bridgehead atoms. The molecule has 3 N–H and O–H groups in total. The summed E-state index contributed by atoms with van der Waals surface area (Å²) in [6, 6.07) is 4.51. The average molecular weight is 303 g/mol. The number of nitrogens with two attached hydrogens (primary N) is 1. The molecule has 19 heavy (non-hydrogen) atoms. The normalized spacial score (nSPS) is 18.2. The van der Waals surface area contributed by atoms with Crippen LogP contribution in [-0.4, -0.2) is 14.5 Å². The fraction of sp³-hybridized carbons (Fsp3) is 0.538. The summed E-state index contributed by atoms with van der Waals surface area (Å²) < 4.78 is 27.4. The molecule has 0 saturated heterocycles. The van der Waals surface area contributed by atoms with Crippen LogP contribution in [0.3, 0.4) is 0 Å². The smallest absolute Gasteiger partial charge is 0.242 e. The van der Waals surface area contributed by atoms with E-state index in [1.165, 1.54) is 25.0 Å². The van der Waals surface area contributed by atoms with Gasteiger partial charge in [-0.05, 0) is 31.0 Å². The summed E-state index contributed by atoms with van der Waals surface area (Å²) in [7, 11) is -3.59. The molecule has 0 radical (unpaired) electrons. The van der Waals surface area contributed by atoms with Crippen LogP contribution in [0.1, 0.15) is 38.5 Å². The molecule has 1 aliphatic carbocycles. The molecule has 2 rings (SSSR count). The molecule has 1 saturated carbocycles. The molecular weight excluding hydrogens is 284 g/mol. The molecule has 1 aliphatic rings. The molecule has 4 nitrogen and oxygen atoms in total. The van der Waals surface area contributed by atoms with Gasteiger partial charge in [-0.25, -0.2) is 13.1 Å². The number of sulfonamides is 1. The Balaban J connectivity index is 2.19. The lowest BCUT2D eigenvalue weighted by molar-refractivity contribution is 0.510. The van der Waals surface area contributed by atoms with E-state index in [-0.39, 0.29) is 16.0 Å². The van der Waals surface area contributed by atoms with Crippen molar-refractivity contribution in [3.8, 4) is 0 Å². The summed E-state index contributed by atoms with van der Waals surface area (Å²) in [5.74, 6) is 0. The third-order valence-electron chi connectivity index (χ3n) is 3.42. The van der Waals surface area contributed by atoms with Crippen LogP contribution in [0.5, 0.6) is 0 Å². The molecule has 0 heterocycles. The maximum absolute atomic E-state index is 12.3. The maximum atomic E-state index is 12.3. The molecule has 106 valence electrons. The lowest BCUT2D eigenvalue weighted by Gasteiger charge is -2.17. The van der Waals surface area contributed by atoms with Gasteiger partial charge in [0.05, 0.1) is 5.02 Å². The van der Waals surface area contributed by atoms with Crippen molar-refractivity contribution in [3.05, 3.63) is 23.2 Å². The summed E-state index contributed by atoms with van der Waals surface area (Å²) in [4.78, 5) is 0.0680. The van der Waals surface area contributed by atoms with Crippen LogP contribution < -0.4 is 10.5 Å². The van der Waals surface area contributed by atoms with Gasteiger partial charge in [0, 0.05) is 11.7 Å². The second-order valence-electron chi connectivity index (χ2n) is 5.00. The largest absolute Gasteiger partial charge is 0.399 e. The number of anilines is 1. The van der Waals surface area contributed by atoms with Gasteiger partial charge in [-0.15, -0.1) is 0 Å². The van der Waals surface area contributed by atoms with E-state index in [9.17, 15) is 8.42 Å². The standard InChI is InChI=1S/C13H19ClN2O2S/c14-12-8-7-10(15)9-13(12)19(17,18)16-11-5-3-1-2-4-6-11/h7-9,11,16H,1-6,15H2. The fourth-order valence-corrected chi connectivity index (χ4v) is 4.25. The first-order chi connectivity index (χ1) is 8.99. The molecule has 1 aromatic carbocycles. The third-order valence-corrected chi connectivity index (χ3v) is 5.42. The zero-order valence-corrected chi connectivity index (χ0v) is 12.3. The Labute approximate surface area is 119 Å². The van der Waals surface area contributed by atoms with E-state index in [1.807, 2.05) is 0 Å². The number of hydrogen-bond donors (Lipinski definition) is 2. The van der Waals surface area contributed by atoms with Gasteiger partial charge in [-0.3, -0.25) is 0 Å². The summed E-state index contributed by atoms with van der Waals surface area (Å²) >= 11 is 5.96. The van der Waals surface area contributed by atoms with Crippen LogP contribution >= 0.6 is 11.6 Å². The van der Waals surface area contributed by atoms with E-state index < -0.39 is 10.0 Å². The monoisotopic (exact) mass is 302 g/mol. The van der Waals surface area contributed by atoms with E-state index in [2.05, 4.69) is 4.72 Å². The summed E-state index contributed by atoms with van der Waals surface area (Å²) in [5.41, 5.74) is 6.03. The van der Waals surface area contributed by atoms with Gasteiger partial charge in [0.2, 0.25) is 10.0 Å². The number of halogens is 1. The van der Waals surface area contributed by atoms with Crippen LogP contribution in [-0.2, 0) is 10.0 Å². The van der Waals surface area contributed by atoms with E-state index in [0.29, 0.717) is 5.69 Å². The van der Waals surface area contributed by atoms with Crippen LogP contribution in [0.15, 0.2) is 23.1 Å². The lowest BCUT2D eigenvalue weighted by Crippen LogP contribution is -2.34. The van der Waals surface area contributed by atoms with Crippen LogP contribution in [0.2, 0.25) is 5.02 Å². The zero-order valence-electron chi connectivity index (χ0n) is 10.7. The first-order valence-corrected chi connectivity index (χ1v) is 8.42. The predicted molar refractivity (Wildman–Crippen MR) is 77.7 cm³/mol. The molecule has 0 spiro atoms. The molecule has 0 aliphatic heterocycles. The van der Waals surface area contributed by atoms with Crippen molar-refractivity contribution < 1.29 is 8.42 Å². The molecular formula is C13H19ClN2O2S. The van der Waals surface area contributed by atoms with Crippen LogP contribution in [0, 0.1) is 0 Å². The van der Waals surface area contributed by atoms with Gasteiger partial charge in [0.25, 0.3) is 0 Å². The number of rotatable bonds is 3. The Bertz CT molecular complexity index is 538. The number of hydrogen-bond acceptors (Lipinski definition) is 3. The lowest BCUT2D eigenvalue weighted by atomic mass is 10.1. The Morgan fingerprint density at radius 3 is 2.42 bits per heavy atom. The second kappa shape index (κ2) is 6.11. The Morgan fingerprint density at radius 1 is 1.16 bits per heavy atom. The highest BCUT2D eigenvalue weighted by Gasteiger charge is 2.23. The van der Waals surface area contributed by atoms with Crippen molar-refractivity contribution in [1.82, 2.24) is 4.72 Å². The predicted octanol–water partition coefficient (Wildman–Crippen LogP) is 2.92. The SMILES string of the molecule is Nc1ccc(Cl)c(S(=O)(=O)NC2CCCCCC2)c1. The Morgan fingerprint density at radius 2 is 1.79 bits per heavy atom. The first kappa shape index (κ1) is 14.6. The average Bonchev–Trinajstić information content (AvgIpc) is 2.60. The highest BCUT2D eigenvalue weighted by atomic mass is 35.5. The van der Waals surface area contributed by atoms with E-state index in [0.717, 1.165) is 25.7 Å². The quantitative estimate of drug-likeness (QED) is 0.666. The number of nitrogens with one attached hydrogen (secondary N) is 1. The summed E-state index contributed by atoms with van der Waals surface area (Å²) in [5, 5.41) is 0.204. The van der Waals surface area contributed by atoms with Gasteiger partial charge in [-0.1, -0.05) is 37.3 Å². The molecule has 6 heteroatoms. The molecule has 1 fully saturated rings. The summed E-state index contributed by atoms with van der Waals surface area (Å²) in [6.45, 7) is 0. The van der Waals surface area contributed by atoms with Gasteiger partial charge < -0.3 is 5.73 Å². The highest BCUT2D eigenvalue weighted by molar-refractivity contribution is 7.89. The van der Waals surface area contributed by atoms with Gasteiger partial charge >= 0.3 is 0 Å². The number of benzene rings is 1. The van der Waals surface area contributed by atoms with Gasteiger partial charge in [-0.2, -0.15) is 0 Å². The van der Waals surface area contributed by atoms with Crippen LogP contribution in [0.25, 0.3) is 0 Å². The molecule has 0 aromatic heterocycles. The van der Waals surface area contributed by atoms with E-state index >= 15 is 0 Å². The van der Waals surface area contributed by atoms with Crippen molar-refractivity contribution in [2.45, 2.75) is 49.5 Å². The Hall–Kier alpha value is -0.780. The van der Waals surface area contributed by atoms with Crippen molar-refractivity contribution in [2.75, 3.05) is 5.73 Å². The fourth-order valence-electron chi connectivity index (χ4n) is 2.41. The maximum Gasteiger partial charge on any atom is 0.242 e.